The van der Waals surface area contributed by atoms with Gasteiger partial charge in [-0.05, 0) is 22.4 Å². The Balaban J connectivity index is 1.67. The van der Waals surface area contributed by atoms with Crippen LogP contribution in [0.4, 0.5) is 5.13 Å². The number of halogens is 1. The van der Waals surface area contributed by atoms with Crippen LogP contribution in [0.15, 0.2) is 16.9 Å². The van der Waals surface area contributed by atoms with Crippen molar-refractivity contribution < 1.29 is 4.74 Å². The van der Waals surface area contributed by atoms with Crippen LogP contribution in [0.2, 0.25) is 0 Å². The first-order valence-electron chi connectivity index (χ1n) is 6.02. The Morgan fingerprint density at radius 2 is 2.42 bits per heavy atom. The number of ether oxygens (including phenoxy) is 1. The predicted molar refractivity (Wildman–Crippen MR) is 76.4 cm³/mol. The highest BCUT2D eigenvalue weighted by Crippen LogP contribution is 2.29. The molecule has 102 valence electrons. The Morgan fingerprint density at radius 3 is 3.16 bits per heavy atom. The topological polar surface area (TPSA) is 56.1 Å². The molecule has 0 saturated carbocycles. The van der Waals surface area contributed by atoms with Gasteiger partial charge in [0, 0.05) is 26.4 Å². The molecule has 3 rings (SSSR count). The van der Waals surface area contributed by atoms with Crippen molar-refractivity contribution in [1.82, 2.24) is 20.0 Å². The van der Waals surface area contributed by atoms with Gasteiger partial charge in [0.25, 0.3) is 0 Å². The second-order valence-electron chi connectivity index (χ2n) is 4.44. The summed E-state index contributed by atoms with van der Waals surface area (Å²) < 4.78 is 8.10. The van der Waals surface area contributed by atoms with Crippen LogP contribution < -0.4 is 4.90 Å². The summed E-state index contributed by atoms with van der Waals surface area (Å²) in [5, 5.41) is 14.6. The molecule has 0 amide bonds. The van der Waals surface area contributed by atoms with Crippen molar-refractivity contribution >= 4 is 32.4 Å². The van der Waals surface area contributed by atoms with E-state index in [4.69, 9.17) is 4.74 Å². The molecule has 3 heterocycles. The van der Waals surface area contributed by atoms with Gasteiger partial charge in [-0.3, -0.25) is 4.68 Å². The van der Waals surface area contributed by atoms with Gasteiger partial charge < -0.3 is 9.64 Å². The number of methoxy groups -OCH3 is 1. The first kappa shape index (κ1) is 13.0. The van der Waals surface area contributed by atoms with E-state index in [2.05, 4.69) is 36.1 Å². The molecule has 0 radical (unpaired) electrons. The van der Waals surface area contributed by atoms with Crippen LogP contribution in [0.3, 0.4) is 0 Å². The molecule has 1 aliphatic rings. The van der Waals surface area contributed by atoms with Crippen molar-refractivity contribution in [1.29, 1.82) is 0 Å². The second kappa shape index (κ2) is 5.56. The summed E-state index contributed by atoms with van der Waals surface area (Å²) >= 11 is 5.03. The van der Waals surface area contributed by atoms with Gasteiger partial charge in [0.1, 0.15) is 11.6 Å². The Morgan fingerprint density at radius 1 is 1.53 bits per heavy atom. The number of hydrogen-bond donors (Lipinski definition) is 0. The number of rotatable bonds is 4. The van der Waals surface area contributed by atoms with E-state index in [1.54, 1.807) is 18.4 Å². The average Bonchev–Trinajstić information content (AvgIpc) is 3.07. The quantitative estimate of drug-likeness (QED) is 0.850. The van der Waals surface area contributed by atoms with E-state index in [9.17, 15) is 0 Å². The average molecular weight is 344 g/mol. The van der Waals surface area contributed by atoms with Gasteiger partial charge in [0.2, 0.25) is 5.13 Å². The van der Waals surface area contributed by atoms with E-state index in [-0.39, 0.29) is 0 Å². The fraction of sp³-hybridized carbons (Fsp3) is 0.545. The molecule has 0 aliphatic carbocycles. The van der Waals surface area contributed by atoms with Gasteiger partial charge in [0.05, 0.1) is 16.7 Å². The number of nitrogens with zero attached hydrogens (tertiary/aromatic N) is 5. The van der Waals surface area contributed by atoms with E-state index in [1.165, 1.54) is 0 Å². The molecule has 1 saturated heterocycles. The van der Waals surface area contributed by atoms with E-state index >= 15 is 0 Å². The first-order valence-corrected chi connectivity index (χ1v) is 7.63. The fourth-order valence-electron chi connectivity index (χ4n) is 2.20. The normalized spacial score (nSPS) is 19.3. The van der Waals surface area contributed by atoms with Crippen LogP contribution in [0, 0.1) is 0 Å². The summed E-state index contributed by atoms with van der Waals surface area (Å²) in [6, 6.07) is 0.404. The Labute approximate surface area is 123 Å². The summed E-state index contributed by atoms with van der Waals surface area (Å²) in [6.45, 7) is 2.44. The number of hydrogen-bond acceptors (Lipinski definition) is 6. The molecule has 2 aromatic heterocycles. The molecule has 1 unspecified atom stereocenters. The largest absolute Gasteiger partial charge is 0.377 e. The zero-order valence-corrected chi connectivity index (χ0v) is 12.9. The highest BCUT2D eigenvalue weighted by atomic mass is 79.9. The SMILES string of the molecule is COCc1nnc(N2CCC(n3cc(Br)cn3)C2)s1. The van der Waals surface area contributed by atoms with E-state index in [1.807, 2.05) is 17.1 Å². The van der Waals surface area contributed by atoms with E-state index in [0.717, 1.165) is 34.1 Å². The molecule has 0 N–H and O–H groups in total. The molecule has 1 atom stereocenters. The Kier molecular flexibility index (Phi) is 3.81. The third-order valence-corrected chi connectivity index (χ3v) is 4.47. The Hall–Kier alpha value is -0.990. The molecule has 0 spiro atoms. The molecule has 19 heavy (non-hydrogen) atoms. The highest BCUT2D eigenvalue weighted by molar-refractivity contribution is 9.10. The minimum atomic E-state index is 0.404. The molecule has 1 aliphatic heterocycles. The maximum absolute atomic E-state index is 5.07. The van der Waals surface area contributed by atoms with Crippen molar-refractivity contribution in [3.63, 3.8) is 0 Å². The van der Waals surface area contributed by atoms with Gasteiger partial charge in [-0.1, -0.05) is 11.3 Å². The molecule has 6 nitrogen and oxygen atoms in total. The minimum absolute atomic E-state index is 0.404. The number of anilines is 1. The smallest absolute Gasteiger partial charge is 0.208 e. The van der Waals surface area contributed by atoms with E-state index < -0.39 is 0 Å². The van der Waals surface area contributed by atoms with Gasteiger partial charge in [0.15, 0.2) is 0 Å². The van der Waals surface area contributed by atoms with Crippen molar-refractivity contribution in [3.8, 4) is 0 Å². The van der Waals surface area contributed by atoms with Crippen LogP contribution in [0.25, 0.3) is 0 Å². The lowest BCUT2D eigenvalue weighted by molar-refractivity contribution is 0.184. The molecular weight excluding hydrogens is 330 g/mol. The summed E-state index contributed by atoms with van der Waals surface area (Å²) in [5.74, 6) is 0. The van der Waals surface area contributed by atoms with Crippen molar-refractivity contribution in [2.24, 2.45) is 0 Å². The molecule has 2 aromatic rings. The fourth-order valence-corrected chi connectivity index (χ4v) is 3.35. The number of aromatic nitrogens is 4. The molecule has 0 bridgehead atoms. The minimum Gasteiger partial charge on any atom is -0.377 e. The van der Waals surface area contributed by atoms with E-state index in [0.29, 0.717) is 12.6 Å². The van der Waals surface area contributed by atoms with Crippen LogP contribution >= 0.6 is 27.3 Å². The third-order valence-electron chi connectivity index (χ3n) is 3.10. The predicted octanol–water partition coefficient (Wildman–Crippen LogP) is 2.09. The van der Waals surface area contributed by atoms with Gasteiger partial charge >= 0.3 is 0 Å². The monoisotopic (exact) mass is 343 g/mol. The van der Waals surface area contributed by atoms with Gasteiger partial charge in [-0.2, -0.15) is 5.10 Å². The highest BCUT2D eigenvalue weighted by Gasteiger charge is 2.26. The maximum Gasteiger partial charge on any atom is 0.208 e. The van der Waals surface area contributed by atoms with Crippen molar-refractivity contribution in [2.75, 3.05) is 25.1 Å². The van der Waals surface area contributed by atoms with Crippen LogP contribution in [-0.2, 0) is 11.3 Å². The summed E-state index contributed by atoms with van der Waals surface area (Å²) in [4.78, 5) is 2.26. The lowest BCUT2D eigenvalue weighted by Crippen LogP contribution is -2.20. The zero-order valence-electron chi connectivity index (χ0n) is 10.5. The zero-order chi connectivity index (χ0) is 13.2. The van der Waals surface area contributed by atoms with Crippen LogP contribution in [0.5, 0.6) is 0 Å². The van der Waals surface area contributed by atoms with Crippen LogP contribution in [-0.4, -0.2) is 40.2 Å². The molecule has 0 aromatic carbocycles. The summed E-state index contributed by atoms with van der Waals surface area (Å²) in [5.41, 5.74) is 0. The van der Waals surface area contributed by atoms with Crippen molar-refractivity contribution in [2.45, 2.75) is 19.1 Å². The van der Waals surface area contributed by atoms with Crippen molar-refractivity contribution in [3.05, 3.63) is 21.9 Å². The summed E-state index contributed by atoms with van der Waals surface area (Å²) in [7, 11) is 1.67. The molecular formula is C11H14BrN5OS. The first-order chi connectivity index (χ1) is 9.26. The van der Waals surface area contributed by atoms with Crippen LogP contribution in [0.1, 0.15) is 17.5 Å². The van der Waals surface area contributed by atoms with Gasteiger partial charge in [-0.15, -0.1) is 10.2 Å². The third kappa shape index (κ3) is 2.80. The Bertz CT molecular complexity index is 557. The molecule has 1 fully saturated rings. The lowest BCUT2D eigenvalue weighted by atomic mass is 10.3. The molecule has 8 heteroatoms. The second-order valence-corrected chi connectivity index (χ2v) is 6.39. The summed E-state index contributed by atoms with van der Waals surface area (Å²) in [6.07, 6.45) is 4.92. The lowest BCUT2D eigenvalue weighted by Gasteiger charge is -2.14. The maximum atomic E-state index is 5.07. The van der Waals surface area contributed by atoms with Gasteiger partial charge in [-0.25, -0.2) is 0 Å². The standard InChI is InChI=1S/C11H14BrN5OS/c1-18-7-10-14-15-11(19-10)16-3-2-9(6-16)17-5-8(12)4-13-17/h4-5,9H,2-3,6-7H2,1H3.